The Kier molecular flexibility index (Phi) is 3.59. The van der Waals surface area contributed by atoms with Gasteiger partial charge in [0.1, 0.15) is 30.8 Å². The van der Waals surface area contributed by atoms with Crippen molar-refractivity contribution in [2.45, 2.75) is 50.1 Å². The third-order valence-electron chi connectivity index (χ3n) is 5.61. The van der Waals surface area contributed by atoms with Gasteiger partial charge in [0, 0.05) is 24.8 Å². The molecule has 4 heterocycles. The molecule has 0 aliphatic carbocycles. The van der Waals surface area contributed by atoms with Crippen LogP contribution in [-0.2, 0) is 0 Å². The number of H-pyrrole nitrogens is 1. The van der Waals surface area contributed by atoms with E-state index in [1.54, 1.807) is 0 Å². The number of rotatable bonds is 2. The van der Waals surface area contributed by atoms with E-state index in [9.17, 15) is 20.1 Å². The lowest BCUT2D eigenvalue weighted by atomic mass is 9.82. The van der Waals surface area contributed by atoms with Crippen LogP contribution in [0.25, 0.3) is 0 Å². The lowest BCUT2D eigenvalue weighted by molar-refractivity contribution is -0.726. The normalized spacial score (nSPS) is 36.2. The van der Waals surface area contributed by atoms with Gasteiger partial charge in [0.15, 0.2) is 0 Å². The molecule has 9 heteroatoms. The predicted molar refractivity (Wildman–Crippen MR) is 80.2 cm³/mol. The number of piperidine rings is 1. The summed E-state index contributed by atoms with van der Waals surface area (Å²) < 4.78 is 2.31. The lowest BCUT2D eigenvalue weighted by Gasteiger charge is -2.38. The molecular formula is C15H22N5O4+. The molecule has 130 valence electrons. The minimum atomic E-state index is -1.02. The van der Waals surface area contributed by atoms with Gasteiger partial charge in [-0.1, -0.05) is 6.92 Å². The van der Waals surface area contributed by atoms with Crippen LogP contribution in [0.4, 0.5) is 0 Å². The molecule has 1 saturated heterocycles. The first-order valence-electron chi connectivity index (χ1n) is 8.32. The molecule has 6 N–H and O–H groups in total. The second-order valence-corrected chi connectivity index (χ2v) is 7.04. The highest BCUT2D eigenvalue weighted by Gasteiger charge is 2.53. The number of aromatic amines is 1. The number of nitrogens with two attached hydrogens (primary N) is 1. The zero-order valence-electron chi connectivity index (χ0n) is 13.3. The number of aromatic nitrogens is 2. The van der Waals surface area contributed by atoms with Crippen molar-refractivity contribution in [1.29, 1.82) is 0 Å². The summed E-state index contributed by atoms with van der Waals surface area (Å²) in [6.45, 7) is 2.84. The topological polar surface area (TPSA) is 141 Å². The van der Waals surface area contributed by atoms with Gasteiger partial charge in [0.05, 0.1) is 17.8 Å². The lowest BCUT2D eigenvalue weighted by Crippen LogP contribution is -3.00. The smallest absolute Gasteiger partial charge is 0.441 e. The molecule has 0 unspecified atom stereocenters. The number of aliphatic hydroxyl groups excluding tert-OH is 2. The maximum Gasteiger partial charge on any atom is 0.441 e. The summed E-state index contributed by atoms with van der Waals surface area (Å²) in [5.41, 5.74) is -0.464. The van der Waals surface area contributed by atoms with Gasteiger partial charge >= 0.3 is 5.96 Å². The van der Waals surface area contributed by atoms with Crippen LogP contribution < -0.4 is 21.3 Å². The molecule has 0 spiro atoms. The molecule has 0 radical (unpaired) electrons. The van der Waals surface area contributed by atoms with Gasteiger partial charge in [0.25, 0.3) is 5.56 Å². The summed E-state index contributed by atoms with van der Waals surface area (Å²) in [6, 6.07) is 0.544. The van der Waals surface area contributed by atoms with E-state index in [2.05, 4.69) is 21.8 Å². The van der Waals surface area contributed by atoms with Crippen molar-refractivity contribution in [3.05, 3.63) is 22.1 Å². The van der Waals surface area contributed by atoms with Crippen LogP contribution in [0.2, 0.25) is 0 Å². The SMILES string of the molecule is C[C@@H]1[C@H]2CNC3=[N+]2[C@H](C[C@@H]1O)C[C@H]([C@@H](O)c1cc(=O)[nH]c([O-])n1)[NH2+]3. The Labute approximate surface area is 138 Å². The Morgan fingerprint density at radius 3 is 3.04 bits per heavy atom. The van der Waals surface area contributed by atoms with Gasteiger partial charge in [-0.3, -0.25) is 4.79 Å². The highest BCUT2D eigenvalue weighted by molar-refractivity contribution is 5.66. The molecule has 4 rings (SSSR count). The summed E-state index contributed by atoms with van der Waals surface area (Å²) in [5, 5.41) is 37.6. The Morgan fingerprint density at radius 1 is 1.50 bits per heavy atom. The number of quaternary nitrogens is 1. The molecule has 24 heavy (non-hydrogen) atoms. The second kappa shape index (κ2) is 5.54. The average Bonchev–Trinajstić information content (AvgIpc) is 2.95. The zero-order valence-corrected chi connectivity index (χ0v) is 13.3. The standard InChI is InChI=1S/C15H21N5O4/c1-6-10-5-16-14-17-8(2-7(20(10)14)3-11(6)21)13(23)9-4-12(22)19-15(24)18-9/h4,6-8,10-11,13,21,23H,2-3,5H2,1H3,(H3,16,17,18,19,22,24)/p+1/t6-,7+,8-,10-,11+,13-/m1/s1. The predicted octanol–water partition coefficient (Wildman–Crippen LogP) is -3.68. The number of aliphatic hydroxyl groups is 2. The third-order valence-corrected chi connectivity index (χ3v) is 5.61. The van der Waals surface area contributed by atoms with Gasteiger partial charge < -0.3 is 20.3 Å². The monoisotopic (exact) mass is 336 g/mol. The van der Waals surface area contributed by atoms with Crippen LogP contribution in [-0.4, -0.2) is 61.5 Å². The van der Waals surface area contributed by atoms with Gasteiger partial charge in [0.2, 0.25) is 0 Å². The van der Waals surface area contributed by atoms with Gasteiger partial charge in [-0.2, -0.15) is 0 Å². The third kappa shape index (κ3) is 2.40. The molecule has 1 fully saturated rings. The highest BCUT2D eigenvalue weighted by atomic mass is 16.3. The van der Waals surface area contributed by atoms with E-state index in [4.69, 9.17) is 0 Å². The summed E-state index contributed by atoms with van der Waals surface area (Å²) in [6.07, 6.45) is -0.0867. The average molecular weight is 336 g/mol. The first kappa shape index (κ1) is 15.6. The molecule has 3 aliphatic rings. The minimum absolute atomic E-state index is 0.0957. The summed E-state index contributed by atoms with van der Waals surface area (Å²) in [7, 11) is 0. The van der Waals surface area contributed by atoms with Gasteiger partial charge in [-0.15, -0.1) is 0 Å². The van der Waals surface area contributed by atoms with Gasteiger partial charge in [-0.05, 0) is 0 Å². The molecule has 9 nitrogen and oxygen atoms in total. The van der Waals surface area contributed by atoms with Crippen molar-refractivity contribution in [2.75, 3.05) is 6.54 Å². The molecule has 0 bridgehead atoms. The second-order valence-electron chi connectivity index (χ2n) is 7.04. The molecular weight excluding hydrogens is 314 g/mol. The van der Waals surface area contributed by atoms with Crippen LogP contribution in [0, 0.1) is 5.92 Å². The number of hydrogen-bond acceptors (Lipinski definition) is 6. The van der Waals surface area contributed by atoms with E-state index in [1.165, 1.54) is 6.07 Å². The number of hydrogen-bond donors (Lipinski definition) is 5. The minimum Gasteiger partial charge on any atom is -0.846 e. The van der Waals surface area contributed by atoms with Crippen molar-refractivity contribution < 1.29 is 25.2 Å². The molecule has 0 aromatic carbocycles. The fourth-order valence-corrected chi connectivity index (χ4v) is 4.33. The van der Waals surface area contributed by atoms with Crippen molar-refractivity contribution in [3.8, 4) is 6.01 Å². The van der Waals surface area contributed by atoms with Crippen molar-refractivity contribution in [2.24, 2.45) is 5.92 Å². The van der Waals surface area contributed by atoms with Crippen molar-refractivity contribution in [1.82, 2.24) is 15.3 Å². The fourth-order valence-electron chi connectivity index (χ4n) is 4.33. The molecule has 0 saturated carbocycles. The van der Waals surface area contributed by atoms with E-state index in [0.717, 1.165) is 12.5 Å². The van der Waals surface area contributed by atoms with Crippen molar-refractivity contribution >= 4 is 5.96 Å². The molecule has 1 aromatic heterocycles. The Bertz CT molecular complexity index is 748. The van der Waals surface area contributed by atoms with Crippen LogP contribution in [0.1, 0.15) is 31.6 Å². The first-order chi connectivity index (χ1) is 11.4. The maximum absolute atomic E-state index is 11.5. The van der Waals surface area contributed by atoms with E-state index < -0.39 is 17.7 Å². The van der Waals surface area contributed by atoms with Gasteiger partial charge in [-0.25, -0.2) is 20.2 Å². The largest absolute Gasteiger partial charge is 0.846 e. The maximum atomic E-state index is 11.5. The Hall–Kier alpha value is -1.97. The quantitative estimate of drug-likeness (QED) is 0.352. The summed E-state index contributed by atoms with van der Waals surface area (Å²) in [5.74, 6) is 1.16. The highest BCUT2D eigenvalue weighted by Crippen LogP contribution is 2.31. The number of guanidine groups is 1. The molecule has 3 aliphatic heterocycles. The number of nitrogens with one attached hydrogen (secondary N) is 2. The van der Waals surface area contributed by atoms with Crippen molar-refractivity contribution in [3.63, 3.8) is 0 Å². The van der Waals surface area contributed by atoms with E-state index >= 15 is 0 Å². The van der Waals surface area contributed by atoms with E-state index in [-0.39, 0.29) is 35.8 Å². The van der Waals surface area contributed by atoms with Crippen LogP contribution in [0.3, 0.4) is 0 Å². The first-order valence-corrected chi connectivity index (χ1v) is 8.32. The van der Waals surface area contributed by atoms with Crippen LogP contribution in [0.5, 0.6) is 6.01 Å². The van der Waals surface area contributed by atoms with E-state index in [0.29, 0.717) is 12.8 Å². The summed E-state index contributed by atoms with van der Waals surface area (Å²) >= 11 is 0. The number of nitrogens with zero attached hydrogens (tertiary/aromatic N) is 2. The Morgan fingerprint density at radius 2 is 2.29 bits per heavy atom. The Balaban J connectivity index is 1.62. The fraction of sp³-hybridized carbons (Fsp3) is 0.667. The zero-order chi connectivity index (χ0) is 17.0. The molecule has 1 aromatic rings. The molecule has 6 atom stereocenters. The van der Waals surface area contributed by atoms with E-state index in [1.807, 2.05) is 10.3 Å². The summed E-state index contributed by atoms with van der Waals surface area (Å²) in [4.78, 5) is 17.2. The molecule has 0 amide bonds. The van der Waals surface area contributed by atoms with Crippen LogP contribution >= 0.6 is 0 Å². The van der Waals surface area contributed by atoms with Crippen LogP contribution in [0.15, 0.2) is 10.9 Å².